The molecule has 2 aromatic rings. The first-order valence-electron chi connectivity index (χ1n) is 6.45. The van der Waals surface area contributed by atoms with Crippen molar-refractivity contribution in [3.8, 4) is 11.5 Å². The number of carbonyl (C=O) groups is 1. The average molecular weight is 363 g/mol. The Hall–Kier alpha value is -2.34. The van der Waals surface area contributed by atoms with Crippen molar-refractivity contribution in [2.75, 3.05) is 14.2 Å². The second-order valence-corrected chi connectivity index (χ2v) is 5.18. The van der Waals surface area contributed by atoms with Crippen LogP contribution in [0.2, 0.25) is 0 Å². The molecule has 6 heteroatoms. The molecule has 0 heterocycles. The molecule has 114 valence electrons. The molecule has 1 amide bonds. The Bertz CT molecular complexity index is 684. The third-order valence-electron chi connectivity index (χ3n) is 2.91. The van der Waals surface area contributed by atoms with Crippen LogP contribution in [0.1, 0.15) is 15.9 Å². The van der Waals surface area contributed by atoms with Gasteiger partial charge in [0.1, 0.15) is 11.5 Å². The predicted molar refractivity (Wildman–Crippen MR) is 88.7 cm³/mol. The third-order valence-corrected chi connectivity index (χ3v) is 3.53. The summed E-state index contributed by atoms with van der Waals surface area (Å²) in [5.74, 6) is 1.13. The summed E-state index contributed by atoms with van der Waals surface area (Å²) in [6.45, 7) is 0. The molecule has 0 fully saturated rings. The van der Waals surface area contributed by atoms with Gasteiger partial charge in [-0.05, 0) is 64.0 Å². The second-order valence-electron chi connectivity index (χ2n) is 4.32. The summed E-state index contributed by atoms with van der Waals surface area (Å²) in [7, 11) is 3.18. The van der Waals surface area contributed by atoms with Gasteiger partial charge in [-0.2, -0.15) is 5.10 Å². The van der Waals surface area contributed by atoms with Crippen molar-refractivity contribution >= 4 is 28.1 Å². The Kier molecular flexibility index (Phi) is 5.55. The molecule has 2 rings (SSSR count). The van der Waals surface area contributed by atoms with Crippen molar-refractivity contribution in [2.45, 2.75) is 0 Å². The molecule has 0 bridgehead atoms. The van der Waals surface area contributed by atoms with Gasteiger partial charge in [0.15, 0.2) is 0 Å². The minimum atomic E-state index is -0.298. The van der Waals surface area contributed by atoms with Crippen LogP contribution >= 0.6 is 15.9 Å². The SMILES string of the molecule is COc1ccc(C=NNC(=O)c2ccc(OC)c(Br)c2)cc1. The summed E-state index contributed by atoms with van der Waals surface area (Å²) >= 11 is 3.34. The van der Waals surface area contributed by atoms with E-state index in [-0.39, 0.29) is 5.91 Å². The third kappa shape index (κ3) is 4.08. The maximum absolute atomic E-state index is 12.0. The highest BCUT2D eigenvalue weighted by Gasteiger charge is 2.07. The minimum Gasteiger partial charge on any atom is -0.497 e. The Morgan fingerprint density at radius 2 is 1.86 bits per heavy atom. The molecule has 0 unspecified atom stereocenters. The zero-order valence-electron chi connectivity index (χ0n) is 12.2. The fourth-order valence-corrected chi connectivity index (χ4v) is 2.27. The molecule has 5 nitrogen and oxygen atoms in total. The van der Waals surface area contributed by atoms with Crippen molar-refractivity contribution in [3.05, 3.63) is 58.1 Å². The smallest absolute Gasteiger partial charge is 0.271 e. The van der Waals surface area contributed by atoms with E-state index in [0.717, 1.165) is 11.3 Å². The topological polar surface area (TPSA) is 59.9 Å². The number of carbonyl (C=O) groups excluding carboxylic acids is 1. The van der Waals surface area contributed by atoms with E-state index in [1.807, 2.05) is 24.3 Å². The number of nitrogens with zero attached hydrogens (tertiary/aromatic N) is 1. The van der Waals surface area contributed by atoms with Crippen LogP contribution in [0.3, 0.4) is 0 Å². The van der Waals surface area contributed by atoms with E-state index in [1.165, 1.54) is 0 Å². The zero-order chi connectivity index (χ0) is 15.9. The van der Waals surface area contributed by atoms with E-state index in [9.17, 15) is 4.79 Å². The summed E-state index contributed by atoms with van der Waals surface area (Å²) < 4.78 is 10.9. The van der Waals surface area contributed by atoms with Crippen LogP contribution in [-0.2, 0) is 0 Å². The first-order valence-corrected chi connectivity index (χ1v) is 7.24. The largest absolute Gasteiger partial charge is 0.497 e. The molecule has 0 aliphatic rings. The quantitative estimate of drug-likeness (QED) is 0.656. The van der Waals surface area contributed by atoms with Crippen LogP contribution in [0, 0.1) is 0 Å². The highest BCUT2D eigenvalue weighted by atomic mass is 79.9. The number of ether oxygens (including phenoxy) is 2. The van der Waals surface area contributed by atoms with Crippen LogP contribution in [0.4, 0.5) is 0 Å². The second kappa shape index (κ2) is 7.61. The number of halogens is 1. The van der Waals surface area contributed by atoms with Gasteiger partial charge in [-0.3, -0.25) is 4.79 Å². The standard InChI is InChI=1S/C16H15BrN2O3/c1-21-13-6-3-11(4-7-13)10-18-19-16(20)12-5-8-15(22-2)14(17)9-12/h3-10H,1-2H3,(H,19,20). The van der Waals surface area contributed by atoms with E-state index >= 15 is 0 Å². The lowest BCUT2D eigenvalue weighted by Gasteiger charge is -2.05. The average Bonchev–Trinajstić information content (AvgIpc) is 2.55. The molecule has 0 aromatic heterocycles. The molecule has 0 radical (unpaired) electrons. The molecule has 0 saturated heterocycles. The van der Waals surface area contributed by atoms with Gasteiger partial charge in [0.25, 0.3) is 5.91 Å². The Labute approximate surface area is 137 Å². The van der Waals surface area contributed by atoms with Gasteiger partial charge < -0.3 is 9.47 Å². The van der Waals surface area contributed by atoms with Crippen molar-refractivity contribution in [1.29, 1.82) is 0 Å². The molecular formula is C16H15BrN2O3. The number of benzene rings is 2. The maximum atomic E-state index is 12.0. The number of nitrogens with one attached hydrogen (secondary N) is 1. The van der Waals surface area contributed by atoms with Gasteiger partial charge in [0, 0.05) is 5.56 Å². The molecule has 0 aliphatic carbocycles. The molecule has 0 saturated carbocycles. The highest BCUT2D eigenvalue weighted by molar-refractivity contribution is 9.10. The lowest BCUT2D eigenvalue weighted by Crippen LogP contribution is -2.17. The van der Waals surface area contributed by atoms with Crippen LogP contribution in [0.5, 0.6) is 11.5 Å². The Morgan fingerprint density at radius 1 is 1.14 bits per heavy atom. The van der Waals surface area contributed by atoms with Gasteiger partial charge >= 0.3 is 0 Å². The first-order chi connectivity index (χ1) is 10.6. The van der Waals surface area contributed by atoms with Crippen molar-refractivity contribution in [1.82, 2.24) is 5.43 Å². The van der Waals surface area contributed by atoms with Crippen molar-refractivity contribution in [3.63, 3.8) is 0 Å². The summed E-state index contributed by atoms with van der Waals surface area (Å²) in [5, 5.41) is 3.93. The van der Waals surface area contributed by atoms with Crippen molar-refractivity contribution < 1.29 is 14.3 Å². The van der Waals surface area contributed by atoms with Gasteiger partial charge in [-0.15, -0.1) is 0 Å². The van der Waals surface area contributed by atoms with Gasteiger partial charge in [-0.1, -0.05) is 0 Å². The van der Waals surface area contributed by atoms with Crippen LogP contribution in [0.15, 0.2) is 52.0 Å². The fourth-order valence-electron chi connectivity index (χ4n) is 1.73. The lowest BCUT2D eigenvalue weighted by atomic mass is 10.2. The van der Waals surface area contributed by atoms with E-state index < -0.39 is 0 Å². The Morgan fingerprint density at radius 3 is 2.45 bits per heavy atom. The van der Waals surface area contributed by atoms with Crippen LogP contribution in [-0.4, -0.2) is 26.3 Å². The Balaban J connectivity index is 1.99. The predicted octanol–water partition coefficient (Wildman–Crippen LogP) is 3.23. The zero-order valence-corrected chi connectivity index (χ0v) is 13.8. The van der Waals surface area contributed by atoms with E-state index in [1.54, 1.807) is 38.6 Å². The molecule has 0 spiro atoms. The molecule has 0 aliphatic heterocycles. The van der Waals surface area contributed by atoms with E-state index in [2.05, 4.69) is 26.5 Å². The molecule has 1 N–H and O–H groups in total. The molecular weight excluding hydrogens is 348 g/mol. The summed E-state index contributed by atoms with van der Waals surface area (Å²) in [5.41, 5.74) is 3.82. The first kappa shape index (κ1) is 16.0. The number of hydrogen-bond donors (Lipinski definition) is 1. The highest BCUT2D eigenvalue weighted by Crippen LogP contribution is 2.25. The fraction of sp³-hybridized carbons (Fsp3) is 0.125. The van der Waals surface area contributed by atoms with Crippen LogP contribution in [0.25, 0.3) is 0 Å². The van der Waals surface area contributed by atoms with E-state index in [4.69, 9.17) is 9.47 Å². The number of amides is 1. The van der Waals surface area contributed by atoms with Gasteiger partial charge in [-0.25, -0.2) is 5.43 Å². The van der Waals surface area contributed by atoms with E-state index in [0.29, 0.717) is 15.8 Å². The summed E-state index contributed by atoms with van der Waals surface area (Å²) in [4.78, 5) is 12.0. The summed E-state index contributed by atoms with van der Waals surface area (Å²) in [6.07, 6.45) is 1.57. The molecule has 0 atom stereocenters. The monoisotopic (exact) mass is 362 g/mol. The van der Waals surface area contributed by atoms with Crippen molar-refractivity contribution in [2.24, 2.45) is 5.10 Å². The number of hydrazone groups is 1. The van der Waals surface area contributed by atoms with Gasteiger partial charge in [0.2, 0.25) is 0 Å². The minimum absolute atomic E-state index is 0.298. The maximum Gasteiger partial charge on any atom is 0.271 e. The normalized spacial score (nSPS) is 10.5. The lowest BCUT2D eigenvalue weighted by molar-refractivity contribution is 0.0955. The van der Waals surface area contributed by atoms with Crippen LogP contribution < -0.4 is 14.9 Å². The number of hydrogen-bond acceptors (Lipinski definition) is 4. The molecule has 2 aromatic carbocycles. The van der Waals surface area contributed by atoms with Gasteiger partial charge in [0.05, 0.1) is 24.9 Å². The summed E-state index contributed by atoms with van der Waals surface area (Å²) in [6, 6.07) is 12.4. The number of methoxy groups -OCH3 is 2. The molecule has 22 heavy (non-hydrogen) atoms. The number of rotatable bonds is 5.